The number of likely N-dealkylation sites (N-methyl/N-ethyl adjacent to an activating group) is 1. The molecule has 0 radical (unpaired) electrons. The van der Waals surface area contributed by atoms with Crippen molar-refractivity contribution in [2.45, 2.75) is 6.04 Å². The lowest BCUT2D eigenvalue weighted by molar-refractivity contribution is -0.134. The minimum atomic E-state index is -0.267. The van der Waals surface area contributed by atoms with Gasteiger partial charge in [0.15, 0.2) is 0 Å². The molecule has 1 N–H and O–H groups in total. The lowest BCUT2D eigenvalue weighted by Gasteiger charge is -2.40. The predicted molar refractivity (Wildman–Crippen MR) is 105 cm³/mol. The van der Waals surface area contributed by atoms with Crippen LogP contribution in [0.5, 0.6) is 5.75 Å². The lowest BCUT2D eigenvalue weighted by atomic mass is 10.0. The molecule has 138 valence electrons. The molecule has 1 saturated heterocycles. The van der Waals surface area contributed by atoms with E-state index in [2.05, 4.69) is 9.80 Å². The molecule has 3 rings (SSSR count). The maximum absolute atomic E-state index is 12.8. The minimum absolute atomic E-state index is 0.0924. The molecule has 1 amide bonds. The summed E-state index contributed by atoms with van der Waals surface area (Å²) in [5.74, 6) is 0.187. The molecule has 26 heavy (non-hydrogen) atoms. The summed E-state index contributed by atoms with van der Waals surface area (Å²) in [6.45, 7) is 3.14. The summed E-state index contributed by atoms with van der Waals surface area (Å²) >= 11 is 6.03. The van der Waals surface area contributed by atoms with E-state index in [1.807, 2.05) is 36.4 Å². The van der Waals surface area contributed by atoms with E-state index in [4.69, 9.17) is 11.6 Å². The molecule has 1 unspecified atom stereocenters. The van der Waals surface area contributed by atoms with Gasteiger partial charge < -0.3 is 14.9 Å². The molecule has 5 nitrogen and oxygen atoms in total. The van der Waals surface area contributed by atoms with E-state index in [-0.39, 0.29) is 17.7 Å². The van der Waals surface area contributed by atoms with E-state index in [0.29, 0.717) is 5.02 Å². The van der Waals surface area contributed by atoms with Crippen LogP contribution in [-0.2, 0) is 4.79 Å². The number of anilines is 1. The molecule has 1 aliphatic rings. The zero-order valence-electron chi connectivity index (χ0n) is 15.1. The highest BCUT2D eigenvalue weighted by molar-refractivity contribution is 6.32. The van der Waals surface area contributed by atoms with Crippen molar-refractivity contribution in [2.75, 3.05) is 45.2 Å². The van der Waals surface area contributed by atoms with E-state index in [9.17, 15) is 9.90 Å². The van der Waals surface area contributed by atoms with Gasteiger partial charge in [-0.2, -0.15) is 0 Å². The molecule has 1 aliphatic heterocycles. The average Bonchev–Trinajstić information content (AvgIpc) is 2.65. The number of hydrogen-bond acceptors (Lipinski definition) is 4. The Morgan fingerprint density at radius 1 is 1.08 bits per heavy atom. The standard InChI is InChI=1S/C20H24ClN3O2/c1-22(2)20(26)19(15-6-4-3-5-7-15)24-12-10-23(11-13-24)16-8-9-18(25)17(21)14-16/h3-9,14,19,25H,10-13H2,1-2H3. The molecular formula is C20H24ClN3O2. The summed E-state index contributed by atoms with van der Waals surface area (Å²) in [5.41, 5.74) is 2.01. The zero-order chi connectivity index (χ0) is 18.7. The Labute approximate surface area is 159 Å². The van der Waals surface area contributed by atoms with Crippen LogP contribution in [0.3, 0.4) is 0 Å². The van der Waals surface area contributed by atoms with Gasteiger partial charge in [-0.1, -0.05) is 41.9 Å². The highest BCUT2D eigenvalue weighted by Gasteiger charge is 2.31. The highest BCUT2D eigenvalue weighted by Crippen LogP contribution is 2.30. The van der Waals surface area contributed by atoms with Crippen LogP contribution in [0.15, 0.2) is 48.5 Å². The predicted octanol–water partition coefficient (Wildman–Crippen LogP) is 3.00. The summed E-state index contributed by atoms with van der Waals surface area (Å²) < 4.78 is 0. The quantitative estimate of drug-likeness (QED) is 0.895. The molecule has 2 aromatic rings. The van der Waals surface area contributed by atoms with Crippen LogP contribution in [-0.4, -0.2) is 61.1 Å². The number of aromatic hydroxyl groups is 1. The Kier molecular flexibility index (Phi) is 5.69. The summed E-state index contributed by atoms with van der Waals surface area (Å²) in [4.78, 5) is 18.9. The monoisotopic (exact) mass is 373 g/mol. The maximum atomic E-state index is 12.8. The number of phenolic OH excluding ortho intramolecular Hbond substituents is 1. The molecule has 2 aromatic carbocycles. The number of carbonyl (C=O) groups is 1. The number of carbonyl (C=O) groups excluding carboxylic acids is 1. The summed E-state index contributed by atoms with van der Waals surface area (Å²) in [5, 5.41) is 9.95. The number of benzene rings is 2. The van der Waals surface area contributed by atoms with Gasteiger partial charge in [0.1, 0.15) is 11.8 Å². The first-order valence-electron chi connectivity index (χ1n) is 8.71. The second kappa shape index (κ2) is 7.98. The van der Waals surface area contributed by atoms with Crippen molar-refractivity contribution in [1.29, 1.82) is 0 Å². The Hall–Kier alpha value is -2.24. The fourth-order valence-corrected chi connectivity index (χ4v) is 3.50. The second-order valence-electron chi connectivity index (χ2n) is 6.70. The number of rotatable bonds is 4. The normalized spacial score (nSPS) is 16.3. The maximum Gasteiger partial charge on any atom is 0.244 e. The van der Waals surface area contributed by atoms with Crippen LogP contribution in [0.25, 0.3) is 0 Å². The second-order valence-corrected chi connectivity index (χ2v) is 7.11. The molecule has 1 heterocycles. The van der Waals surface area contributed by atoms with Crippen molar-refractivity contribution in [3.05, 3.63) is 59.1 Å². The van der Waals surface area contributed by atoms with Crippen LogP contribution in [0.2, 0.25) is 5.02 Å². The van der Waals surface area contributed by atoms with Crippen LogP contribution < -0.4 is 4.90 Å². The topological polar surface area (TPSA) is 47.0 Å². The van der Waals surface area contributed by atoms with Crippen LogP contribution >= 0.6 is 11.6 Å². The van der Waals surface area contributed by atoms with Gasteiger partial charge in [-0.15, -0.1) is 0 Å². The van der Waals surface area contributed by atoms with Crippen molar-refractivity contribution >= 4 is 23.2 Å². The first-order chi connectivity index (χ1) is 12.5. The van der Waals surface area contributed by atoms with Crippen LogP contribution in [0.1, 0.15) is 11.6 Å². The van der Waals surface area contributed by atoms with Gasteiger partial charge in [-0.25, -0.2) is 0 Å². The molecule has 0 spiro atoms. The number of nitrogens with zero attached hydrogens (tertiary/aromatic N) is 3. The number of phenols is 1. The number of hydrogen-bond donors (Lipinski definition) is 1. The SMILES string of the molecule is CN(C)C(=O)C(c1ccccc1)N1CCN(c2ccc(O)c(Cl)c2)CC1. The third-order valence-corrected chi connectivity index (χ3v) is 5.07. The minimum Gasteiger partial charge on any atom is -0.506 e. The van der Waals surface area contributed by atoms with E-state index in [1.54, 1.807) is 31.1 Å². The molecule has 0 aromatic heterocycles. The van der Waals surface area contributed by atoms with Gasteiger partial charge in [0.2, 0.25) is 5.91 Å². The molecule has 1 atom stereocenters. The van der Waals surface area contributed by atoms with Gasteiger partial charge in [0.25, 0.3) is 0 Å². The van der Waals surface area contributed by atoms with Gasteiger partial charge in [0, 0.05) is 46.0 Å². The zero-order valence-corrected chi connectivity index (χ0v) is 15.9. The van der Waals surface area contributed by atoms with Gasteiger partial charge in [-0.3, -0.25) is 9.69 Å². The smallest absolute Gasteiger partial charge is 0.244 e. The van der Waals surface area contributed by atoms with E-state index in [1.165, 1.54) is 0 Å². The Morgan fingerprint density at radius 3 is 2.31 bits per heavy atom. The summed E-state index contributed by atoms with van der Waals surface area (Å²) in [7, 11) is 3.60. The number of halogens is 1. The van der Waals surface area contributed by atoms with Crippen molar-refractivity contribution in [3.8, 4) is 5.75 Å². The fraction of sp³-hybridized carbons (Fsp3) is 0.350. The third kappa shape index (κ3) is 3.94. The van der Waals surface area contributed by atoms with E-state index in [0.717, 1.165) is 37.4 Å². The van der Waals surface area contributed by atoms with E-state index >= 15 is 0 Å². The number of piperazine rings is 1. The van der Waals surface area contributed by atoms with Gasteiger partial charge in [0.05, 0.1) is 5.02 Å². The lowest BCUT2D eigenvalue weighted by Crippen LogP contribution is -2.51. The van der Waals surface area contributed by atoms with Crippen LogP contribution in [0.4, 0.5) is 5.69 Å². The van der Waals surface area contributed by atoms with Gasteiger partial charge >= 0.3 is 0 Å². The molecule has 0 saturated carbocycles. The van der Waals surface area contributed by atoms with Crippen LogP contribution in [0, 0.1) is 0 Å². The number of amides is 1. The third-order valence-electron chi connectivity index (χ3n) is 4.77. The molecule has 1 fully saturated rings. The molecule has 0 bridgehead atoms. The molecular weight excluding hydrogens is 350 g/mol. The Bertz CT molecular complexity index is 759. The summed E-state index contributed by atoms with van der Waals surface area (Å²) in [6, 6.07) is 14.9. The first kappa shape index (κ1) is 18.5. The Balaban J connectivity index is 1.75. The molecule has 6 heteroatoms. The Morgan fingerprint density at radius 2 is 1.73 bits per heavy atom. The van der Waals surface area contributed by atoms with Crippen molar-refractivity contribution < 1.29 is 9.90 Å². The first-order valence-corrected chi connectivity index (χ1v) is 9.09. The highest BCUT2D eigenvalue weighted by atomic mass is 35.5. The average molecular weight is 374 g/mol. The van der Waals surface area contributed by atoms with Crippen molar-refractivity contribution in [2.24, 2.45) is 0 Å². The fourth-order valence-electron chi connectivity index (χ4n) is 3.32. The molecule has 0 aliphatic carbocycles. The van der Waals surface area contributed by atoms with Crippen molar-refractivity contribution in [3.63, 3.8) is 0 Å². The largest absolute Gasteiger partial charge is 0.506 e. The van der Waals surface area contributed by atoms with Crippen molar-refractivity contribution in [1.82, 2.24) is 9.80 Å². The summed E-state index contributed by atoms with van der Waals surface area (Å²) in [6.07, 6.45) is 0. The van der Waals surface area contributed by atoms with Gasteiger partial charge in [-0.05, 0) is 23.8 Å². The van der Waals surface area contributed by atoms with E-state index < -0.39 is 0 Å².